The fourth-order valence-corrected chi connectivity index (χ4v) is 1.91. The van der Waals surface area contributed by atoms with Crippen LogP contribution in [0.1, 0.15) is 5.56 Å². The van der Waals surface area contributed by atoms with Crippen LogP contribution >= 0.6 is 11.6 Å². The van der Waals surface area contributed by atoms with Crippen molar-refractivity contribution in [2.24, 2.45) is 5.73 Å². The largest absolute Gasteiger partial charge is 0.491 e. The molecule has 0 saturated heterocycles. The van der Waals surface area contributed by atoms with Crippen LogP contribution in [0.2, 0.25) is 5.02 Å². The quantitative estimate of drug-likeness (QED) is 0.597. The Labute approximate surface area is 131 Å². The van der Waals surface area contributed by atoms with Gasteiger partial charge in [-0.3, -0.25) is 0 Å². The summed E-state index contributed by atoms with van der Waals surface area (Å²) in [6, 6.07) is 5.55. The van der Waals surface area contributed by atoms with Crippen LogP contribution in [0.3, 0.4) is 0 Å². The van der Waals surface area contributed by atoms with Crippen LogP contribution in [-0.2, 0) is 20.6 Å². The first-order valence-electron chi connectivity index (χ1n) is 7.03. The number of hydrogen-bond acceptors (Lipinski definition) is 5. The Bertz CT molecular complexity index is 390. The van der Waals surface area contributed by atoms with E-state index >= 15 is 0 Å². The van der Waals surface area contributed by atoms with Crippen molar-refractivity contribution in [3.63, 3.8) is 0 Å². The first kappa shape index (κ1) is 18.2. The fourth-order valence-electron chi connectivity index (χ4n) is 1.71. The van der Waals surface area contributed by atoms with Gasteiger partial charge in [0.05, 0.1) is 33.0 Å². The van der Waals surface area contributed by atoms with E-state index in [1.807, 2.05) is 12.1 Å². The Hall–Kier alpha value is -0.850. The highest BCUT2D eigenvalue weighted by atomic mass is 35.5. The Balaban J connectivity index is 2.15. The van der Waals surface area contributed by atoms with Gasteiger partial charge >= 0.3 is 0 Å². The third-order valence-electron chi connectivity index (χ3n) is 2.73. The minimum atomic E-state index is 0.483. The molecule has 6 heteroatoms. The van der Waals surface area contributed by atoms with Crippen LogP contribution in [-0.4, -0.2) is 53.3 Å². The molecule has 0 spiro atoms. The maximum absolute atomic E-state index is 5.96. The number of benzene rings is 1. The Kier molecular flexibility index (Phi) is 10.2. The SMILES string of the molecule is COCCOCCOCCOc1ccc(Cl)cc1CCN. The molecule has 2 N–H and O–H groups in total. The van der Waals surface area contributed by atoms with Crippen LogP contribution in [0, 0.1) is 0 Å². The van der Waals surface area contributed by atoms with Gasteiger partial charge in [0.15, 0.2) is 0 Å². The van der Waals surface area contributed by atoms with E-state index in [1.165, 1.54) is 0 Å². The highest BCUT2D eigenvalue weighted by molar-refractivity contribution is 6.30. The summed E-state index contributed by atoms with van der Waals surface area (Å²) in [7, 11) is 1.65. The second-order valence-corrected chi connectivity index (χ2v) is 4.79. The van der Waals surface area contributed by atoms with Gasteiger partial charge in [-0.2, -0.15) is 0 Å². The van der Waals surface area contributed by atoms with Gasteiger partial charge in [-0.1, -0.05) is 11.6 Å². The van der Waals surface area contributed by atoms with E-state index in [9.17, 15) is 0 Å². The van der Waals surface area contributed by atoms with E-state index in [2.05, 4.69) is 0 Å². The van der Waals surface area contributed by atoms with Crippen molar-refractivity contribution in [3.8, 4) is 5.75 Å². The van der Waals surface area contributed by atoms with Crippen molar-refractivity contribution < 1.29 is 18.9 Å². The summed E-state index contributed by atoms with van der Waals surface area (Å²) in [5, 5.41) is 0.690. The summed E-state index contributed by atoms with van der Waals surface area (Å²) in [5.74, 6) is 0.810. The highest BCUT2D eigenvalue weighted by Crippen LogP contribution is 2.23. The molecule has 0 unspecified atom stereocenters. The standard InChI is InChI=1S/C15H24ClNO4/c1-18-6-7-19-8-9-20-10-11-21-15-3-2-14(16)12-13(15)4-5-17/h2-3,12H,4-11,17H2,1H3. The van der Waals surface area contributed by atoms with Gasteiger partial charge < -0.3 is 24.7 Å². The summed E-state index contributed by atoms with van der Waals surface area (Å²) in [6.45, 7) is 3.85. The van der Waals surface area contributed by atoms with Gasteiger partial charge in [-0.25, -0.2) is 0 Å². The normalized spacial score (nSPS) is 10.8. The van der Waals surface area contributed by atoms with Gasteiger partial charge in [-0.05, 0) is 36.7 Å². The summed E-state index contributed by atoms with van der Waals surface area (Å²) in [6.07, 6.45) is 0.740. The smallest absolute Gasteiger partial charge is 0.122 e. The number of nitrogens with two attached hydrogens (primary N) is 1. The lowest BCUT2D eigenvalue weighted by molar-refractivity contribution is 0.0179. The molecular weight excluding hydrogens is 294 g/mol. The van der Waals surface area contributed by atoms with Crippen LogP contribution in [0.15, 0.2) is 18.2 Å². The zero-order valence-electron chi connectivity index (χ0n) is 12.5. The average Bonchev–Trinajstić information content (AvgIpc) is 2.48. The van der Waals surface area contributed by atoms with Gasteiger partial charge in [0.1, 0.15) is 12.4 Å². The van der Waals surface area contributed by atoms with E-state index in [0.717, 1.165) is 17.7 Å². The molecule has 5 nitrogen and oxygen atoms in total. The lowest BCUT2D eigenvalue weighted by Crippen LogP contribution is -2.13. The number of hydrogen-bond donors (Lipinski definition) is 1. The van der Waals surface area contributed by atoms with Gasteiger partial charge in [0.25, 0.3) is 0 Å². The lowest BCUT2D eigenvalue weighted by atomic mass is 10.1. The Morgan fingerprint density at radius 2 is 1.67 bits per heavy atom. The number of methoxy groups -OCH3 is 1. The minimum Gasteiger partial charge on any atom is -0.491 e. The molecule has 1 aromatic carbocycles. The third kappa shape index (κ3) is 8.24. The molecule has 0 aliphatic carbocycles. The van der Waals surface area contributed by atoms with E-state index in [0.29, 0.717) is 51.2 Å². The number of ether oxygens (including phenoxy) is 4. The summed E-state index contributed by atoms with van der Waals surface area (Å²) in [4.78, 5) is 0. The molecule has 0 heterocycles. The predicted molar refractivity (Wildman–Crippen MR) is 83.2 cm³/mol. The van der Waals surface area contributed by atoms with Crippen LogP contribution in [0.5, 0.6) is 5.75 Å². The summed E-state index contributed by atoms with van der Waals surface area (Å²) >= 11 is 5.96. The molecule has 0 aliphatic heterocycles. The molecule has 0 atom stereocenters. The van der Waals surface area contributed by atoms with Crippen LogP contribution in [0.4, 0.5) is 0 Å². The maximum Gasteiger partial charge on any atom is 0.122 e. The molecule has 120 valence electrons. The first-order valence-corrected chi connectivity index (χ1v) is 7.41. The fraction of sp³-hybridized carbons (Fsp3) is 0.600. The van der Waals surface area contributed by atoms with Crippen molar-refractivity contribution in [2.75, 3.05) is 53.3 Å². The van der Waals surface area contributed by atoms with E-state index in [4.69, 9.17) is 36.3 Å². The molecule has 0 radical (unpaired) electrons. The van der Waals surface area contributed by atoms with Gasteiger partial charge in [0, 0.05) is 12.1 Å². The molecule has 0 aliphatic rings. The molecule has 0 bridgehead atoms. The monoisotopic (exact) mass is 317 g/mol. The number of rotatable bonds is 12. The zero-order chi connectivity index (χ0) is 15.3. The highest BCUT2D eigenvalue weighted by Gasteiger charge is 2.04. The van der Waals surface area contributed by atoms with Crippen LogP contribution in [0.25, 0.3) is 0 Å². The first-order chi connectivity index (χ1) is 10.3. The second-order valence-electron chi connectivity index (χ2n) is 4.36. The molecule has 0 fully saturated rings. The number of halogens is 1. The lowest BCUT2D eigenvalue weighted by Gasteiger charge is -2.12. The van der Waals surface area contributed by atoms with Crippen molar-refractivity contribution in [2.45, 2.75) is 6.42 Å². The molecular formula is C15H24ClNO4. The van der Waals surface area contributed by atoms with Crippen LogP contribution < -0.4 is 10.5 Å². The Morgan fingerprint density at radius 3 is 2.33 bits per heavy atom. The molecule has 0 amide bonds. The van der Waals surface area contributed by atoms with Crippen molar-refractivity contribution in [1.29, 1.82) is 0 Å². The molecule has 1 aromatic rings. The zero-order valence-corrected chi connectivity index (χ0v) is 13.2. The second kappa shape index (κ2) is 11.8. The van der Waals surface area contributed by atoms with Gasteiger partial charge in [0.2, 0.25) is 0 Å². The van der Waals surface area contributed by atoms with Crippen molar-refractivity contribution in [3.05, 3.63) is 28.8 Å². The summed E-state index contributed by atoms with van der Waals surface area (Å²) < 4.78 is 21.3. The average molecular weight is 318 g/mol. The topological polar surface area (TPSA) is 62.9 Å². The molecule has 21 heavy (non-hydrogen) atoms. The molecule has 0 aromatic heterocycles. The molecule has 0 saturated carbocycles. The third-order valence-corrected chi connectivity index (χ3v) is 2.96. The van der Waals surface area contributed by atoms with Crippen molar-refractivity contribution >= 4 is 11.6 Å². The minimum absolute atomic E-state index is 0.483. The molecule has 1 rings (SSSR count). The predicted octanol–water partition coefficient (Wildman–Crippen LogP) is 1.90. The summed E-state index contributed by atoms with van der Waals surface area (Å²) in [5.41, 5.74) is 6.60. The maximum atomic E-state index is 5.96. The Morgan fingerprint density at radius 1 is 1.00 bits per heavy atom. The van der Waals surface area contributed by atoms with E-state index < -0.39 is 0 Å². The van der Waals surface area contributed by atoms with Gasteiger partial charge in [-0.15, -0.1) is 0 Å². The van der Waals surface area contributed by atoms with E-state index in [1.54, 1.807) is 13.2 Å². The van der Waals surface area contributed by atoms with Crippen molar-refractivity contribution in [1.82, 2.24) is 0 Å². The van der Waals surface area contributed by atoms with E-state index in [-0.39, 0.29) is 0 Å².